The number of hydrogen-bond acceptors (Lipinski definition) is 1. The summed E-state index contributed by atoms with van der Waals surface area (Å²) in [6, 6.07) is 0. The summed E-state index contributed by atoms with van der Waals surface area (Å²) < 4.78 is 0. The minimum Gasteiger partial charge on any atom is -0.399 e. The van der Waals surface area contributed by atoms with Gasteiger partial charge in [0.05, 0.1) is 0 Å². The van der Waals surface area contributed by atoms with Crippen molar-refractivity contribution in [1.82, 2.24) is 0 Å². The highest BCUT2D eigenvalue weighted by molar-refractivity contribution is 5.27. The molecule has 14 heavy (non-hydrogen) atoms. The number of hydrogen-bond donors (Lipinski definition) is 1. The molecule has 0 aromatic rings. The van der Waals surface area contributed by atoms with Crippen LogP contribution in [-0.4, -0.2) is 0 Å². The molecular weight excluding hydrogens is 170 g/mol. The van der Waals surface area contributed by atoms with Crippen molar-refractivity contribution in [1.29, 1.82) is 0 Å². The van der Waals surface area contributed by atoms with E-state index in [1.165, 1.54) is 12.8 Å². The van der Waals surface area contributed by atoms with Gasteiger partial charge >= 0.3 is 0 Å². The molecule has 0 heterocycles. The Kier molecular flexibility index (Phi) is 3.75. The Labute approximate surface area is 86.7 Å². The van der Waals surface area contributed by atoms with Gasteiger partial charge in [-0.1, -0.05) is 38.3 Å². The lowest BCUT2D eigenvalue weighted by Gasteiger charge is -2.20. The third-order valence-electron chi connectivity index (χ3n) is 2.59. The molecule has 1 aliphatic carbocycles. The minimum absolute atomic E-state index is 0.488. The quantitative estimate of drug-likeness (QED) is 0.535. The van der Waals surface area contributed by atoms with Crippen LogP contribution in [0.15, 0.2) is 48.7 Å². The van der Waals surface area contributed by atoms with Crippen LogP contribution in [0.4, 0.5) is 0 Å². The van der Waals surface area contributed by atoms with Crippen LogP contribution in [0.3, 0.4) is 0 Å². The molecule has 1 aliphatic rings. The van der Waals surface area contributed by atoms with Gasteiger partial charge in [-0.05, 0) is 30.4 Å². The third-order valence-corrected chi connectivity index (χ3v) is 2.59. The molecule has 0 aromatic carbocycles. The van der Waals surface area contributed by atoms with Gasteiger partial charge in [-0.15, -0.1) is 0 Å². The van der Waals surface area contributed by atoms with E-state index in [0.717, 1.165) is 5.57 Å². The first-order valence-corrected chi connectivity index (χ1v) is 5.09. The fourth-order valence-electron chi connectivity index (χ4n) is 1.61. The second-order valence-corrected chi connectivity index (χ2v) is 4.03. The highest BCUT2D eigenvalue weighted by atomic mass is 14.5. The Morgan fingerprint density at radius 2 is 2.00 bits per heavy atom. The lowest BCUT2D eigenvalue weighted by molar-refractivity contribution is 0.521. The van der Waals surface area contributed by atoms with Gasteiger partial charge in [-0.2, -0.15) is 0 Å². The van der Waals surface area contributed by atoms with Crippen molar-refractivity contribution < 1.29 is 0 Å². The van der Waals surface area contributed by atoms with E-state index in [9.17, 15) is 0 Å². The molecule has 0 radical (unpaired) electrons. The molecule has 2 unspecified atom stereocenters. The molecule has 1 rings (SSSR count). The molecule has 0 aromatic heterocycles. The fourth-order valence-corrected chi connectivity index (χ4v) is 1.61. The maximum atomic E-state index is 5.45. The van der Waals surface area contributed by atoms with Crippen molar-refractivity contribution in [3.63, 3.8) is 0 Å². The van der Waals surface area contributed by atoms with E-state index >= 15 is 0 Å². The predicted molar refractivity (Wildman–Crippen MR) is 62.6 cm³/mol. The summed E-state index contributed by atoms with van der Waals surface area (Å²) >= 11 is 0. The first-order chi connectivity index (χ1) is 6.59. The molecule has 0 fully saturated rings. The highest BCUT2D eigenvalue weighted by Crippen LogP contribution is 2.27. The van der Waals surface area contributed by atoms with Gasteiger partial charge in [-0.3, -0.25) is 0 Å². The SMILES string of the molecule is C=C(N)/C=C\C(=C)C1C=CC(C)CC1. The lowest BCUT2D eigenvalue weighted by atomic mass is 9.85. The summed E-state index contributed by atoms with van der Waals surface area (Å²) in [5.74, 6) is 1.20. The minimum atomic E-state index is 0.488. The number of allylic oxidation sites excluding steroid dienone is 5. The van der Waals surface area contributed by atoms with Crippen molar-refractivity contribution >= 4 is 0 Å². The maximum absolute atomic E-state index is 5.45. The molecule has 76 valence electrons. The van der Waals surface area contributed by atoms with Gasteiger partial charge in [0.2, 0.25) is 0 Å². The average molecular weight is 189 g/mol. The highest BCUT2D eigenvalue weighted by Gasteiger charge is 2.13. The summed E-state index contributed by atoms with van der Waals surface area (Å²) in [4.78, 5) is 0. The van der Waals surface area contributed by atoms with Crippen LogP contribution in [0.2, 0.25) is 0 Å². The van der Waals surface area contributed by atoms with E-state index in [2.05, 4.69) is 32.2 Å². The largest absolute Gasteiger partial charge is 0.399 e. The Morgan fingerprint density at radius 1 is 1.29 bits per heavy atom. The van der Waals surface area contributed by atoms with E-state index in [4.69, 9.17) is 5.73 Å². The van der Waals surface area contributed by atoms with Crippen molar-refractivity contribution in [2.75, 3.05) is 0 Å². The Balaban J connectivity index is 2.54. The molecule has 2 N–H and O–H groups in total. The molecule has 0 saturated carbocycles. The van der Waals surface area contributed by atoms with E-state index in [-0.39, 0.29) is 0 Å². The summed E-state index contributed by atoms with van der Waals surface area (Å²) in [5, 5.41) is 0. The molecule has 0 spiro atoms. The molecule has 0 aliphatic heterocycles. The Bertz CT molecular complexity index is 284. The van der Waals surface area contributed by atoms with Crippen LogP contribution in [0.1, 0.15) is 19.8 Å². The van der Waals surface area contributed by atoms with Gasteiger partial charge in [0.15, 0.2) is 0 Å². The smallest absolute Gasteiger partial charge is 0.0241 e. The van der Waals surface area contributed by atoms with Crippen LogP contribution < -0.4 is 5.73 Å². The predicted octanol–water partition coefficient (Wildman–Crippen LogP) is 3.17. The maximum Gasteiger partial charge on any atom is 0.0241 e. The van der Waals surface area contributed by atoms with Crippen LogP contribution in [0, 0.1) is 11.8 Å². The molecule has 1 heteroatoms. The summed E-state index contributed by atoms with van der Waals surface area (Å²) in [7, 11) is 0. The van der Waals surface area contributed by atoms with Gasteiger partial charge < -0.3 is 5.73 Å². The molecule has 0 amide bonds. The van der Waals surface area contributed by atoms with Crippen molar-refractivity contribution in [3.8, 4) is 0 Å². The van der Waals surface area contributed by atoms with E-state index in [1.807, 2.05) is 12.2 Å². The first-order valence-electron chi connectivity index (χ1n) is 5.09. The van der Waals surface area contributed by atoms with Crippen molar-refractivity contribution in [2.24, 2.45) is 17.6 Å². The third kappa shape index (κ3) is 3.25. The fraction of sp³-hybridized carbons (Fsp3) is 0.385. The number of nitrogens with two attached hydrogens (primary N) is 1. The van der Waals surface area contributed by atoms with Gasteiger partial charge in [0.25, 0.3) is 0 Å². The summed E-state index contributed by atoms with van der Waals surface area (Å²) in [5.41, 5.74) is 7.16. The molecule has 2 atom stereocenters. The number of rotatable bonds is 3. The van der Waals surface area contributed by atoms with E-state index in [1.54, 1.807) is 0 Å². The molecule has 1 nitrogen and oxygen atoms in total. The van der Waals surface area contributed by atoms with Crippen LogP contribution in [0.5, 0.6) is 0 Å². The summed E-state index contributed by atoms with van der Waals surface area (Å²) in [6.45, 7) is 9.90. The Morgan fingerprint density at radius 3 is 2.50 bits per heavy atom. The van der Waals surface area contributed by atoms with Crippen LogP contribution in [0.25, 0.3) is 0 Å². The van der Waals surface area contributed by atoms with Gasteiger partial charge in [0.1, 0.15) is 0 Å². The average Bonchev–Trinajstić information content (AvgIpc) is 2.15. The zero-order valence-corrected chi connectivity index (χ0v) is 8.87. The van der Waals surface area contributed by atoms with Gasteiger partial charge in [-0.25, -0.2) is 0 Å². The monoisotopic (exact) mass is 189 g/mol. The standard InChI is InChI=1S/C13H19N/c1-10-4-8-13(9-5-10)11(2)6-7-12(3)14/h4,6-8,10,13H,2-3,5,9,14H2,1H3/b7-6-. The molecular formula is C13H19N. The van der Waals surface area contributed by atoms with Crippen molar-refractivity contribution in [2.45, 2.75) is 19.8 Å². The zero-order chi connectivity index (χ0) is 10.6. The summed E-state index contributed by atoms with van der Waals surface area (Å²) in [6.07, 6.45) is 10.7. The van der Waals surface area contributed by atoms with Crippen LogP contribution >= 0.6 is 0 Å². The lowest BCUT2D eigenvalue weighted by Crippen LogP contribution is -2.07. The van der Waals surface area contributed by atoms with E-state index < -0.39 is 0 Å². The van der Waals surface area contributed by atoms with Crippen LogP contribution in [-0.2, 0) is 0 Å². The normalized spacial score (nSPS) is 26.6. The second-order valence-electron chi connectivity index (χ2n) is 4.03. The Hall–Kier alpha value is -1.24. The van der Waals surface area contributed by atoms with Crippen molar-refractivity contribution in [3.05, 3.63) is 48.7 Å². The molecule has 0 saturated heterocycles. The molecule has 0 bridgehead atoms. The topological polar surface area (TPSA) is 26.0 Å². The zero-order valence-electron chi connectivity index (χ0n) is 8.87. The van der Waals surface area contributed by atoms with Gasteiger partial charge in [0, 0.05) is 11.6 Å². The van der Waals surface area contributed by atoms with E-state index in [0.29, 0.717) is 17.5 Å². The first kappa shape index (κ1) is 10.8. The second kappa shape index (κ2) is 4.85.